The summed E-state index contributed by atoms with van der Waals surface area (Å²) in [5, 5.41) is 0.826. The van der Waals surface area contributed by atoms with Crippen LogP contribution in [-0.4, -0.2) is 0 Å². The number of rotatable bonds is 1. The molecule has 0 saturated heterocycles. The van der Waals surface area contributed by atoms with Gasteiger partial charge in [0.1, 0.15) is 0 Å². The van der Waals surface area contributed by atoms with E-state index in [1.165, 1.54) is 0 Å². The summed E-state index contributed by atoms with van der Waals surface area (Å²) in [6, 6.07) is 8.83. The van der Waals surface area contributed by atoms with Crippen molar-refractivity contribution in [2.24, 2.45) is 0 Å². The Balaban J connectivity index is 3.01. The first-order valence-electron chi connectivity index (χ1n) is 2.59. The Labute approximate surface area is 68.8 Å². The van der Waals surface area contributed by atoms with Crippen molar-refractivity contribution in [1.29, 1.82) is 0 Å². The molecule has 0 aliphatic rings. The molecule has 0 aliphatic heterocycles. The molecule has 1 radical (unpaired) electrons. The molecule has 1 rings (SSSR count). The number of halogens is 1. The number of thiol groups is 1. The second-order valence-corrected chi connectivity index (χ2v) is 2.71. The summed E-state index contributed by atoms with van der Waals surface area (Å²) < 4.78 is 0. The minimum Gasteiger partial charge on any atom is -0.143 e. The van der Waals surface area contributed by atoms with E-state index >= 15 is 0 Å². The summed E-state index contributed by atoms with van der Waals surface area (Å²) in [4.78, 5) is 0.995. The van der Waals surface area contributed by atoms with Crippen LogP contribution in [0.5, 0.6) is 0 Å². The third-order valence-electron chi connectivity index (χ3n) is 1.05. The molecular formula is C7H6BrS. The highest BCUT2D eigenvalue weighted by Crippen LogP contribution is 2.14. The second-order valence-electron chi connectivity index (χ2n) is 1.67. The van der Waals surface area contributed by atoms with Gasteiger partial charge >= 0.3 is 0 Å². The van der Waals surface area contributed by atoms with Gasteiger partial charge in [0.25, 0.3) is 0 Å². The quantitative estimate of drug-likeness (QED) is 0.525. The van der Waals surface area contributed by atoms with Crippen molar-refractivity contribution in [3.63, 3.8) is 0 Å². The number of alkyl halides is 1. The van der Waals surface area contributed by atoms with Crippen LogP contribution in [0, 0.1) is 6.07 Å². The molecule has 0 atom stereocenters. The molecule has 0 aromatic heterocycles. The molecule has 9 heavy (non-hydrogen) atoms. The van der Waals surface area contributed by atoms with Gasteiger partial charge in [-0.25, -0.2) is 0 Å². The van der Waals surface area contributed by atoms with E-state index < -0.39 is 0 Å². The van der Waals surface area contributed by atoms with E-state index in [-0.39, 0.29) is 0 Å². The van der Waals surface area contributed by atoms with Gasteiger partial charge in [-0.1, -0.05) is 28.1 Å². The Morgan fingerprint density at radius 2 is 2.44 bits per heavy atom. The van der Waals surface area contributed by atoms with Crippen LogP contribution in [-0.2, 0) is 5.33 Å². The van der Waals surface area contributed by atoms with Gasteiger partial charge in [-0.2, -0.15) is 0 Å². The summed E-state index contributed by atoms with van der Waals surface area (Å²) in [6.45, 7) is 0. The molecule has 2 heteroatoms. The predicted molar refractivity (Wildman–Crippen MR) is 45.2 cm³/mol. The minimum absolute atomic E-state index is 0.826. The molecule has 0 aliphatic carbocycles. The van der Waals surface area contributed by atoms with Crippen LogP contribution in [0.15, 0.2) is 23.1 Å². The predicted octanol–water partition coefficient (Wildman–Crippen LogP) is 2.67. The molecule has 0 saturated carbocycles. The first kappa shape index (κ1) is 7.16. The van der Waals surface area contributed by atoms with Crippen molar-refractivity contribution < 1.29 is 0 Å². The van der Waals surface area contributed by atoms with Gasteiger partial charge in [0.2, 0.25) is 0 Å². The van der Waals surface area contributed by atoms with E-state index in [0.29, 0.717) is 0 Å². The SMILES string of the molecule is Sc1ccc[c]c1CBr. The van der Waals surface area contributed by atoms with Crippen molar-refractivity contribution in [2.45, 2.75) is 10.2 Å². The highest BCUT2D eigenvalue weighted by Gasteiger charge is 1.92. The lowest BCUT2D eigenvalue weighted by Crippen LogP contribution is -1.77. The zero-order chi connectivity index (χ0) is 6.69. The van der Waals surface area contributed by atoms with Crippen LogP contribution in [0.1, 0.15) is 5.56 Å². The van der Waals surface area contributed by atoms with E-state index in [9.17, 15) is 0 Å². The molecule has 0 spiro atoms. The van der Waals surface area contributed by atoms with Crippen molar-refractivity contribution in [3.8, 4) is 0 Å². The molecule has 0 nitrogen and oxygen atoms in total. The van der Waals surface area contributed by atoms with E-state index in [4.69, 9.17) is 0 Å². The molecule has 47 valence electrons. The van der Waals surface area contributed by atoms with Crippen LogP contribution < -0.4 is 0 Å². The van der Waals surface area contributed by atoms with E-state index in [2.05, 4.69) is 34.6 Å². The zero-order valence-electron chi connectivity index (χ0n) is 4.76. The minimum atomic E-state index is 0.826. The van der Waals surface area contributed by atoms with Gasteiger partial charge < -0.3 is 0 Å². The van der Waals surface area contributed by atoms with E-state index in [1.807, 2.05) is 18.2 Å². The average Bonchev–Trinajstić information content (AvgIpc) is 1.89. The standard InChI is InChI=1S/C7H6BrS/c8-5-6-3-1-2-4-7(6)9/h1-2,4,9H,5H2. The average molecular weight is 202 g/mol. The molecular weight excluding hydrogens is 196 g/mol. The zero-order valence-corrected chi connectivity index (χ0v) is 7.24. The Bertz CT molecular complexity index is 198. The second kappa shape index (κ2) is 3.28. The Kier molecular flexibility index (Phi) is 2.61. The molecule has 0 N–H and O–H groups in total. The van der Waals surface area contributed by atoms with Gasteiger partial charge in [0, 0.05) is 10.2 Å². The maximum Gasteiger partial charge on any atom is 0.0300 e. The number of hydrogen-bond donors (Lipinski definition) is 1. The first-order chi connectivity index (χ1) is 4.34. The van der Waals surface area contributed by atoms with Gasteiger partial charge in [-0.15, -0.1) is 12.6 Å². The lowest BCUT2D eigenvalue weighted by Gasteiger charge is -1.95. The summed E-state index contributed by atoms with van der Waals surface area (Å²) in [5.74, 6) is 0. The number of hydrogen-bond acceptors (Lipinski definition) is 1. The normalized spacial score (nSPS) is 9.56. The maximum absolute atomic E-state index is 4.22. The topological polar surface area (TPSA) is 0 Å². The third-order valence-corrected chi connectivity index (χ3v) is 2.03. The summed E-state index contributed by atoms with van der Waals surface area (Å²) in [7, 11) is 0. The highest BCUT2D eigenvalue weighted by molar-refractivity contribution is 9.08. The molecule has 1 aromatic carbocycles. The van der Waals surface area contributed by atoms with Crippen molar-refractivity contribution in [1.82, 2.24) is 0 Å². The van der Waals surface area contributed by atoms with Crippen LogP contribution in [0.2, 0.25) is 0 Å². The highest BCUT2D eigenvalue weighted by atomic mass is 79.9. The van der Waals surface area contributed by atoms with Crippen molar-refractivity contribution in [3.05, 3.63) is 29.8 Å². The fraction of sp³-hybridized carbons (Fsp3) is 0.143. The first-order valence-corrected chi connectivity index (χ1v) is 4.16. The fourth-order valence-electron chi connectivity index (χ4n) is 0.570. The summed E-state index contributed by atoms with van der Waals surface area (Å²) in [6.07, 6.45) is 0. The van der Waals surface area contributed by atoms with Crippen LogP contribution >= 0.6 is 28.6 Å². The van der Waals surface area contributed by atoms with Gasteiger partial charge in [-0.3, -0.25) is 0 Å². The monoisotopic (exact) mass is 201 g/mol. The molecule has 0 amide bonds. The Morgan fingerprint density at radius 3 is 2.89 bits per heavy atom. The third kappa shape index (κ3) is 1.73. The molecule has 0 unspecified atom stereocenters. The van der Waals surface area contributed by atoms with Crippen LogP contribution in [0.25, 0.3) is 0 Å². The Morgan fingerprint density at radius 1 is 1.67 bits per heavy atom. The van der Waals surface area contributed by atoms with Crippen LogP contribution in [0.3, 0.4) is 0 Å². The van der Waals surface area contributed by atoms with Gasteiger partial charge in [0.05, 0.1) is 0 Å². The lowest BCUT2D eigenvalue weighted by atomic mass is 10.2. The summed E-state index contributed by atoms with van der Waals surface area (Å²) >= 11 is 7.54. The largest absolute Gasteiger partial charge is 0.143 e. The molecule has 0 heterocycles. The van der Waals surface area contributed by atoms with E-state index in [1.54, 1.807) is 0 Å². The fourth-order valence-corrected chi connectivity index (χ4v) is 1.48. The summed E-state index contributed by atoms with van der Waals surface area (Å²) in [5.41, 5.74) is 1.11. The molecule has 0 bridgehead atoms. The van der Waals surface area contributed by atoms with Crippen LogP contribution in [0.4, 0.5) is 0 Å². The van der Waals surface area contributed by atoms with Crippen molar-refractivity contribution >= 4 is 28.6 Å². The lowest BCUT2D eigenvalue weighted by molar-refractivity contribution is 1.28. The Hall–Kier alpha value is 0.0500. The van der Waals surface area contributed by atoms with E-state index in [0.717, 1.165) is 15.8 Å². The van der Waals surface area contributed by atoms with Crippen molar-refractivity contribution in [2.75, 3.05) is 0 Å². The van der Waals surface area contributed by atoms with Gasteiger partial charge in [-0.05, 0) is 17.7 Å². The maximum atomic E-state index is 4.22. The smallest absolute Gasteiger partial charge is 0.0300 e. The van der Waals surface area contributed by atoms with Gasteiger partial charge in [0.15, 0.2) is 0 Å². The molecule has 1 aromatic rings. The molecule has 0 fully saturated rings. The number of benzene rings is 1.